The average Bonchev–Trinajstić information content (AvgIpc) is 2.89. The van der Waals surface area contributed by atoms with Crippen LogP contribution in [-0.4, -0.2) is 25.5 Å². The van der Waals surface area contributed by atoms with Crippen LogP contribution in [0.3, 0.4) is 0 Å². The van der Waals surface area contributed by atoms with E-state index < -0.39 is 0 Å². The second-order valence-electron chi connectivity index (χ2n) is 7.26. The van der Waals surface area contributed by atoms with Crippen LogP contribution in [0.2, 0.25) is 0 Å². The Morgan fingerprint density at radius 3 is 1.80 bits per heavy atom. The molecule has 0 radical (unpaired) electrons. The SMILES string of the molecule is CCC(COC)c1cc(C(C)C)c(N2C(=O)C=CC2=O)c(C(C)C)c1. The number of anilines is 1. The second-order valence-corrected chi connectivity index (χ2v) is 7.26. The Bertz CT molecular complexity index is 641. The summed E-state index contributed by atoms with van der Waals surface area (Å²) < 4.78 is 5.39. The zero-order valence-corrected chi connectivity index (χ0v) is 16.1. The van der Waals surface area contributed by atoms with Gasteiger partial charge in [-0.25, -0.2) is 4.90 Å². The largest absolute Gasteiger partial charge is 0.384 e. The minimum Gasteiger partial charge on any atom is -0.384 e. The molecule has 2 rings (SSSR count). The van der Waals surface area contributed by atoms with Crippen molar-refractivity contribution < 1.29 is 14.3 Å². The van der Waals surface area contributed by atoms with E-state index in [0.717, 1.165) is 23.2 Å². The zero-order valence-electron chi connectivity index (χ0n) is 16.1. The number of benzene rings is 1. The molecule has 0 spiro atoms. The van der Waals surface area contributed by atoms with E-state index in [0.29, 0.717) is 12.5 Å². The fourth-order valence-corrected chi connectivity index (χ4v) is 3.35. The number of rotatable bonds is 7. The first-order valence-corrected chi connectivity index (χ1v) is 9.04. The van der Waals surface area contributed by atoms with E-state index in [1.165, 1.54) is 22.6 Å². The zero-order chi connectivity index (χ0) is 18.7. The van der Waals surface area contributed by atoms with E-state index in [2.05, 4.69) is 46.8 Å². The Kier molecular flexibility index (Phi) is 6.17. The summed E-state index contributed by atoms with van der Waals surface area (Å²) in [7, 11) is 1.72. The molecular formula is C21H29NO3. The molecule has 1 unspecified atom stereocenters. The van der Waals surface area contributed by atoms with Crippen molar-refractivity contribution >= 4 is 17.5 Å². The summed E-state index contributed by atoms with van der Waals surface area (Å²) in [5, 5.41) is 0. The molecule has 1 aliphatic heterocycles. The number of hydrogen-bond donors (Lipinski definition) is 0. The first kappa shape index (κ1) is 19.4. The number of carbonyl (C=O) groups excluding carboxylic acids is 2. The van der Waals surface area contributed by atoms with Crippen LogP contribution in [0.25, 0.3) is 0 Å². The van der Waals surface area contributed by atoms with Gasteiger partial charge in [0.2, 0.25) is 0 Å². The summed E-state index contributed by atoms with van der Waals surface area (Å²) in [4.78, 5) is 25.9. The van der Waals surface area contributed by atoms with E-state index in [-0.39, 0.29) is 23.7 Å². The van der Waals surface area contributed by atoms with Crippen LogP contribution in [0.4, 0.5) is 5.69 Å². The Balaban J connectivity index is 2.69. The van der Waals surface area contributed by atoms with E-state index >= 15 is 0 Å². The van der Waals surface area contributed by atoms with Crippen molar-refractivity contribution in [1.29, 1.82) is 0 Å². The van der Waals surface area contributed by atoms with Crippen LogP contribution < -0.4 is 4.90 Å². The first-order valence-electron chi connectivity index (χ1n) is 9.04. The van der Waals surface area contributed by atoms with Gasteiger partial charge >= 0.3 is 0 Å². The van der Waals surface area contributed by atoms with Gasteiger partial charge in [0.15, 0.2) is 0 Å². The van der Waals surface area contributed by atoms with Crippen LogP contribution in [0.1, 0.15) is 75.5 Å². The maximum absolute atomic E-state index is 12.3. The Labute approximate surface area is 150 Å². The topological polar surface area (TPSA) is 46.6 Å². The fraction of sp³-hybridized carbons (Fsp3) is 0.524. The van der Waals surface area contributed by atoms with Gasteiger partial charge in [-0.05, 0) is 34.9 Å². The third kappa shape index (κ3) is 3.84. The normalized spacial score (nSPS) is 15.8. The lowest BCUT2D eigenvalue weighted by molar-refractivity contribution is -0.120. The van der Waals surface area contributed by atoms with Crippen molar-refractivity contribution in [3.05, 3.63) is 41.0 Å². The maximum Gasteiger partial charge on any atom is 0.258 e. The monoisotopic (exact) mass is 343 g/mol. The van der Waals surface area contributed by atoms with Crippen LogP contribution in [0, 0.1) is 0 Å². The highest BCUT2D eigenvalue weighted by molar-refractivity contribution is 6.28. The molecule has 136 valence electrons. The van der Waals surface area contributed by atoms with Crippen LogP contribution in [0.15, 0.2) is 24.3 Å². The van der Waals surface area contributed by atoms with Gasteiger partial charge in [0, 0.05) is 25.2 Å². The number of amides is 2. The smallest absolute Gasteiger partial charge is 0.258 e. The highest BCUT2D eigenvalue weighted by Crippen LogP contribution is 2.40. The van der Waals surface area contributed by atoms with Crippen LogP contribution in [-0.2, 0) is 14.3 Å². The van der Waals surface area contributed by atoms with E-state index in [1.807, 2.05) is 0 Å². The molecule has 1 heterocycles. The van der Waals surface area contributed by atoms with Gasteiger partial charge in [0.05, 0.1) is 12.3 Å². The minimum absolute atomic E-state index is 0.203. The molecule has 0 N–H and O–H groups in total. The summed E-state index contributed by atoms with van der Waals surface area (Å²) in [5.74, 6) is 0.190. The van der Waals surface area contributed by atoms with Crippen molar-refractivity contribution in [3.63, 3.8) is 0 Å². The number of ether oxygens (including phenoxy) is 1. The summed E-state index contributed by atoms with van der Waals surface area (Å²) in [5.41, 5.74) is 4.07. The molecule has 1 aromatic rings. The van der Waals surface area contributed by atoms with E-state index in [9.17, 15) is 9.59 Å². The highest BCUT2D eigenvalue weighted by atomic mass is 16.5. The van der Waals surface area contributed by atoms with Crippen LogP contribution in [0.5, 0.6) is 0 Å². The van der Waals surface area contributed by atoms with Crippen molar-refractivity contribution in [2.75, 3.05) is 18.6 Å². The van der Waals surface area contributed by atoms with Gasteiger partial charge in [-0.2, -0.15) is 0 Å². The molecule has 0 aromatic heterocycles. The fourth-order valence-electron chi connectivity index (χ4n) is 3.35. The number of imide groups is 1. The minimum atomic E-state index is -0.259. The molecule has 2 amide bonds. The van der Waals surface area contributed by atoms with Gasteiger partial charge in [-0.3, -0.25) is 9.59 Å². The quantitative estimate of drug-likeness (QED) is 0.685. The summed E-state index contributed by atoms with van der Waals surface area (Å²) >= 11 is 0. The van der Waals surface area contributed by atoms with Gasteiger partial charge in [0.25, 0.3) is 11.8 Å². The predicted molar refractivity (Wildman–Crippen MR) is 101 cm³/mol. The molecule has 0 fully saturated rings. The summed E-state index contributed by atoms with van der Waals surface area (Å²) in [6.45, 7) is 11.2. The summed E-state index contributed by atoms with van der Waals surface area (Å²) in [6, 6.07) is 4.30. The molecule has 1 aliphatic rings. The van der Waals surface area contributed by atoms with E-state index in [4.69, 9.17) is 4.74 Å². The summed E-state index contributed by atoms with van der Waals surface area (Å²) in [6.07, 6.45) is 3.68. The predicted octanol–water partition coefficient (Wildman–Crippen LogP) is 4.50. The third-order valence-electron chi connectivity index (χ3n) is 4.80. The molecular weight excluding hydrogens is 314 g/mol. The molecule has 1 atom stereocenters. The van der Waals surface area contributed by atoms with Crippen molar-refractivity contribution in [2.24, 2.45) is 0 Å². The number of carbonyl (C=O) groups is 2. The lowest BCUT2D eigenvalue weighted by atomic mass is 9.85. The van der Waals surface area contributed by atoms with Crippen molar-refractivity contribution in [3.8, 4) is 0 Å². The number of nitrogens with zero attached hydrogens (tertiary/aromatic N) is 1. The first-order chi connectivity index (χ1) is 11.8. The van der Waals surface area contributed by atoms with Crippen LogP contribution >= 0.6 is 0 Å². The standard InChI is InChI=1S/C21H29NO3/c1-7-15(12-25-6)16-10-17(13(2)3)21(18(11-16)14(4)5)22-19(23)8-9-20(22)24/h8-11,13-15H,7,12H2,1-6H3. The molecule has 0 saturated carbocycles. The molecule has 25 heavy (non-hydrogen) atoms. The molecule has 4 heteroatoms. The number of hydrogen-bond acceptors (Lipinski definition) is 3. The third-order valence-corrected chi connectivity index (χ3v) is 4.80. The van der Waals surface area contributed by atoms with Crippen molar-refractivity contribution in [2.45, 2.75) is 58.8 Å². The lowest BCUT2D eigenvalue weighted by Crippen LogP contribution is -2.32. The molecule has 1 aromatic carbocycles. The Morgan fingerprint density at radius 2 is 1.44 bits per heavy atom. The molecule has 0 aliphatic carbocycles. The Hall–Kier alpha value is -1.94. The molecule has 4 nitrogen and oxygen atoms in total. The van der Waals surface area contributed by atoms with Gasteiger partial charge in [-0.1, -0.05) is 46.8 Å². The average molecular weight is 343 g/mol. The van der Waals surface area contributed by atoms with E-state index in [1.54, 1.807) is 7.11 Å². The molecule has 0 saturated heterocycles. The van der Waals surface area contributed by atoms with Gasteiger partial charge in [0.1, 0.15) is 0 Å². The number of methoxy groups -OCH3 is 1. The molecule has 0 bridgehead atoms. The highest BCUT2D eigenvalue weighted by Gasteiger charge is 2.31. The second kappa shape index (κ2) is 7.96. The van der Waals surface area contributed by atoms with Gasteiger partial charge in [-0.15, -0.1) is 0 Å². The van der Waals surface area contributed by atoms with Crippen molar-refractivity contribution in [1.82, 2.24) is 0 Å². The lowest BCUT2D eigenvalue weighted by Gasteiger charge is -2.28. The maximum atomic E-state index is 12.3. The Morgan fingerprint density at radius 1 is 0.960 bits per heavy atom. The van der Waals surface area contributed by atoms with Gasteiger partial charge < -0.3 is 4.74 Å².